The maximum Gasteiger partial charge on any atom is 0.422 e. The molecule has 9 heteroatoms. The fourth-order valence-corrected chi connectivity index (χ4v) is 1.78. The molecule has 1 rings (SSSR count). The Kier molecular flexibility index (Phi) is 11.5. The third-order valence-electron chi connectivity index (χ3n) is 2.94. The van der Waals surface area contributed by atoms with Gasteiger partial charge in [0.25, 0.3) is 0 Å². The third-order valence-corrected chi connectivity index (χ3v) is 2.94. The number of nitrogens with one attached hydrogen (secondary N) is 2. The van der Waals surface area contributed by atoms with Crippen LogP contribution in [0.5, 0.6) is 5.88 Å². The summed E-state index contributed by atoms with van der Waals surface area (Å²) in [4.78, 5) is 7.85. The number of rotatable bonds is 8. The second-order valence-electron chi connectivity index (χ2n) is 4.97. The summed E-state index contributed by atoms with van der Waals surface area (Å²) >= 11 is 0. The minimum absolute atomic E-state index is 0. The van der Waals surface area contributed by atoms with Crippen LogP contribution in [0.25, 0.3) is 0 Å². The normalized spacial score (nSPS) is 11.6. The monoisotopic (exact) mass is 460 g/mol. The summed E-state index contributed by atoms with van der Waals surface area (Å²) in [6.07, 6.45) is 0.391. The first-order valence-corrected chi connectivity index (χ1v) is 7.53. The van der Waals surface area contributed by atoms with Crippen molar-refractivity contribution in [2.75, 3.05) is 20.2 Å². The van der Waals surface area contributed by atoms with Crippen LogP contribution in [0.1, 0.15) is 31.7 Å². The van der Waals surface area contributed by atoms with E-state index in [1.807, 2.05) is 0 Å². The molecule has 24 heavy (non-hydrogen) atoms. The fourth-order valence-electron chi connectivity index (χ4n) is 1.78. The van der Waals surface area contributed by atoms with Gasteiger partial charge in [0.15, 0.2) is 12.6 Å². The van der Waals surface area contributed by atoms with Crippen molar-refractivity contribution < 1.29 is 17.9 Å². The quantitative estimate of drug-likeness (QED) is 0.270. The molecule has 0 radical (unpaired) electrons. The maximum absolute atomic E-state index is 12.1. The van der Waals surface area contributed by atoms with Crippen LogP contribution >= 0.6 is 24.0 Å². The molecule has 0 aliphatic carbocycles. The zero-order valence-electron chi connectivity index (χ0n) is 13.8. The van der Waals surface area contributed by atoms with Crippen LogP contribution in [0, 0.1) is 0 Å². The van der Waals surface area contributed by atoms with Gasteiger partial charge in [-0.3, -0.25) is 4.99 Å². The lowest BCUT2D eigenvalue weighted by Gasteiger charge is -2.12. The Balaban J connectivity index is 0.00000529. The molecule has 1 aromatic rings. The zero-order valence-corrected chi connectivity index (χ0v) is 16.1. The molecule has 0 aromatic carbocycles. The highest BCUT2D eigenvalue weighted by Gasteiger charge is 2.28. The van der Waals surface area contributed by atoms with E-state index in [4.69, 9.17) is 0 Å². The van der Waals surface area contributed by atoms with Crippen molar-refractivity contribution in [1.82, 2.24) is 15.6 Å². The smallest absolute Gasteiger partial charge is 0.422 e. The number of unbranched alkanes of at least 4 members (excludes halogenated alkanes) is 2. The van der Waals surface area contributed by atoms with Crippen molar-refractivity contribution >= 4 is 29.9 Å². The number of halogens is 4. The topological polar surface area (TPSA) is 58.5 Å². The first-order chi connectivity index (χ1) is 10.9. The van der Waals surface area contributed by atoms with E-state index in [-0.39, 0.29) is 29.9 Å². The van der Waals surface area contributed by atoms with Gasteiger partial charge in [-0.05, 0) is 18.1 Å². The van der Waals surface area contributed by atoms with Gasteiger partial charge < -0.3 is 15.4 Å². The van der Waals surface area contributed by atoms with Crippen molar-refractivity contribution in [3.63, 3.8) is 0 Å². The molecule has 0 amide bonds. The molecule has 5 nitrogen and oxygen atoms in total. The van der Waals surface area contributed by atoms with Crippen molar-refractivity contribution in [3.05, 3.63) is 23.9 Å². The first-order valence-electron chi connectivity index (χ1n) is 7.53. The molecule has 2 N–H and O–H groups in total. The number of aromatic nitrogens is 1. The van der Waals surface area contributed by atoms with Gasteiger partial charge in [-0.25, -0.2) is 4.98 Å². The molecule has 0 fully saturated rings. The Morgan fingerprint density at radius 2 is 2.04 bits per heavy atom. The summed E-state index contributed by atoms with van der Waals surface area (Å²) in [6, 6.07) is 3.18. The van der Waals surface area contributed by atoms with Gasteiger partial charge in [0.2, 0.25) is 5.88 Å². The number of aliphatic imine (C=N–C) groups is 1. The van der Waals surface area contributed by atoms with E-state index in [1.54, 1.807) is 13.1 Å². The van der Waals surface area contributed by atoms with Crippen molar-refractivity contribution in [2.45, 2.75) is 38.9 Å². The molecule has 0 spiro atoms. The minimum atomic E-state index is -4.37. The molecule has 0 aliphatic heterocycles. The largest absolute Gasteiger partial charge is 0.468 e. The van der Waals surface area contributed by atoms with E-state index in [2.05, 4.69) is 32.3 Å². The molecular weight excluding hydrogens is 436 g/mol. The predicted molar refractivity (Wildman–Crippen MR) is 98.9 cm³/mol. The number of nitrogens with zero attached hydrogens (tertiary/aromatic N) is 2. The zero-order chi connectivity index (χ0) is 17.1. The molecule has 0 atom stereocenters. The maximum atomic E-state index is 12.1. The van der Waals surface area contributed by atoms with Crippen molar-refractivity contribution in [1.29, 1.82) is 0 Å². The van der Waals surface area contributed by atoms with Crippen molar-refractivity contribution in [3.8, 4) is 5.88 Å². The van der Waals surface area contributed by atoms with Crippen LogP contribution in [0.3, 0.4) is 0 Å². The Morgan fingerprint density at radius 3 is 2.67 bits per heavy atom. The highest BCUT2D eigenvalue weighted by atomic mass is 127. The summed E-state index contributed by atoms with van der Waals surface area (Å²) in [5, 5.41) is 6.27. The average Bonchev–Trinajstić information content (AvgIpc) is 2.52. The number of hydrogen-bond donors (Lipinski definition) is 2. The van der Waals surface area contributed by atoms with Crippen LogP contribution in [-0.2, 0) is 6.54 Å². The van der Waals surface area contributed by atoms with Crippen LogP contribution in [0.15, 0.2) is 23.3 Å². The van der Waals surface area contributed by atoms with Gasteiger partial charge in [0, 0.05) is 32.4 Å². The minimum Gasteiger partial charge on any atom is -0.468 e. The lowest BCUT2D eigenvalue weighted by molar-refractivity contribution is -0.154. The summed E-state index contributed by atoms with van der Waals surface area (Å²) in [5.41, 5.74) is 0.758. The van der Waals surface area contributed by atoms with E-state index < -0.39 is 12.8 Å². The molecule has 0 bridgehead atoms. The highest BCUT2D eigenvalue weighted by molar-refractivity contribution is 14.0. The standard InChI is InChI=1S/C15H23F3N4O.HI/c1-3-4-5-7-21-14(19-2)22-10-12-6-8-20-13(9-12)23-11-15(16,17)18;/h6,8-9H,3-5,7,10-11H2,1-2H3,(H2,19,21,22);1H. The summed E-state index contributed by atoms with van der Waals surface area (Å²) in [6.45, 7) is 2.02. The van der Waals surface area contributed by atoms with E-state index >= 15 is 0 Å². The number of guanidine groups is 1. The van der Waals surface area contributed by atoms with Gasteiger partial charge in [-0.15, -0.1) is 24.0 Å². The van der Waals surface area contributed by atoms with Crippen LogP contribution < -0.4 is 15.4 Å². The molecule has 0 unspecified atom stereocenters. The van der Waals surface area contributed by atoms with Crippen LogP contribution in [0.4, 0.5) is 13.2 Å². The molecule has 1 heterocycles. The first kappa shape index (κ1) is 22.7. The highest BCUT2D eigenvalue weighted by Crippen LogP contribution is 2.17. The average molecular weight is 460 g/mol. The molecule has 0 saturated carbocycles. The Hall–Kier alpha value is -1.26. The number of ether oxygens (including phenoxy) is 1. The number of hydrogen-bond acceptors (Lipinski definition) is 3. The third kappa shape index (κ3) is 10.5. The van der Waals surface area contributed by atoms with Crippen LogP contribution in [-0.4, -0.2) is 37.3 Å². The summed E-state index contributed by atoms with van der Waals surface area (Å²) in [7, 11) is 1.67. The lowest BCUT2D eigenvalue weighted by Crippen LogP contribution is -2.37. The number of pyridine rings is 1. The van der Waals surface area contributed by atoms with Crippen molar-refractivity contribution in [2.24, 2.45) is 4.99 Å². The Morgan fingerprint density at radius 1 is 1.29 bits per heavy atom. The Bertz CT molecular complexity index is 498. The van der Waals surface area contributed by atoms with E-state index in [0.717, 1.165) is 31.4 Å². The second-order valence-corrected chi connectivity index (χ2v) is 4.97. The van der Waals surface area contributed by atoms with E-state index in [0.29, 0.717) is 12.5 Å². The van der Waals surface area contributed by atoms with Gasteiger partial charge in [0.1, 0.15) is 0 Å². The van der Waals surface area contributed by atoms with Gasteiger partial charge in [-0.1, -0.05) is 19.8 Å². The fraction of sp³-hybridized carbons (Fsp3) is 0.600. The molecule has 1 aromatic heterocycles. The summed E-state index contributed by atoms with van der Waals surface area (Å²) < 4.78 is 41.0. The molecule has 0 aliphatic rings. The van der Waals surface area contributed by atoms with Gasteiger partial charge >= 0.3 is 6.18 Å². The predicted octanol–water partition coefficient (Wildman–Crippen LogP) is 3.50. The molecule has 0 saturated heterocycles. The van der Waals surface area contributed by atoms with E-state index in [1.165, 1.54) is 12.3 Å². The van der Waals surface area contributed by atoms with Gasteiger partial charge in [-0.2, -0.15) is 13.2 Å². The SMILES string of the molecule is CCCCCNC(=NC)NCc1ccnc(OCC(F)(F)F)c1.I. The Labute approximate surface area is 157 Å². The summed E-state index contributed by atoms with van der Waals surface area (Å²) in [5.74, 6) is 0.600. The van der Waals surface area contributed by atoms with Gasteiger partial charge in [0.05, 0.1) is 0 Å². The second kappa shape index (κ2) is 12.2. The van der Waals surface area contributed by atoms with Crippen LogP contribution in [0.2, 0.25) is 0 Å². The number of alkyl halides is 3. The molecule has 138 valence electrons. The molecular formula is C15H24F3IN4O. The van der Waals surface area contributed by atoms with E-state index in [9.17, 15) is 13.2 Å². The lowest BCUT2D eigenvalue weighted by atomic mass is 10.2.